The zero-order chi connectivity index (χ0) is 25.8. The first-order chi connectivity index (χ1) is 16.8. The molecule has 0 aliphatic heterocycles. The predicted octanol–water partition coefficient (Wildman–Crippen LogP) is 4.35. The van der Waals surface area contributed by atoms with Crippen LogP contribution in [-0.2, 0) is 20.9 Å². The monoisotopic (exact) mass is 482 g/mol. The van der Waals surface area contributed by atoms with Crippen LogP contribution in [0.3, 0.4) is 0 Å². The van der Waals surface area contributed by atoms with E-state index < -0.39 is 11.8 Å². The van der Waals surface area contributed by atoms with E-state index in [2.05, 4.69) is 0 Å². The van der Waals surface area contributed by atoms with Gasteiger partial charge in [0, 0.05) is 17.6 Å². The van der Waals surface area contributed by atoms with Crippen LogP contribution in [0.25, 0.3) is 12.2 Å². The summed E-state index contributed by atoms with van der Waals surface area (Å²) >= 11 is 0. The first-order valence-electron chi connectivity index (χ1n) is 11.0. The van der Waals surface area contributed by atoms with Crippen LogP contribution in [0.15, 0.2) is 59.9 Å². The van der Waals surface area contributed by atoms with Crippen LogP contribution in [0.4, 0.5) is 0 Å². The van der Waals surface area contributed by atoms with Crippen molar-refractivity contribution < 1.29 is 39.1 Å². The van der Waals surface area contributed by atoms with Gasteiger partial charge in [-0.15, -0.1) is 0 Å². The topological polar surface area (TPSA) is 123 Å². The van der Waals surface area contributed by atoms with Gasteiger partial charge in [-0.05, 0) is 54.8 Å². The fourth-order valence-electron chi connectivity index (χ4n) is 3.18. The van der Waals surface area contributed by atoms with Gasteiger partial charge in [0.15, 0.2) is 17.3 Å². The molecular weight excluding hydrogens is 452 g/mol. The second kappa shape index (κ2) is 13.6. The fraction of sp³-hybridized carbons (Fsp3) is 0.259. The lowest BCUT2D eigenvalue weighted by molar-refractivity contribution is -0.143. The summed E-state index contributed by atoms with van der Waals surface area (Å²) < 4.78 is 15.2. The molecule has 3 N–H and O–H groups in total. The number of rotatable bonds is 12. The van der Waals surface area contributed by atoms with E-state index in [1.165, 1.54) is 38.5 Å². The molecule has 2 aromatic carbocycles. The van der Waals surface area contributed by atoms with Crippen LogP contribution >= 0.6 is 0 Å². The Kier molecular flexibility index (Phi) is 10.6. The summed E-state index contributed by atoms with van der Waals surface area (Å²) in [4.78, 5) is 24.8. The Hall–Kier alpha value is -4.04. The number of aromatic hydroxyl groups is 1. The molecule has 0 atom stereocenters. The summed E-state index contributed by atoms with van der Waals surface area (Å²) in [6, 6.07) is 9.72. The van der Waals surface area contributed by atoms with Crippen molar-refractivity contribution in [1.29, 1.82) is 0 Å². The summed E-state index contributed by atoms with van der Waals surface area (Å²) in [6.45, 7) is 1.72. The number of hydrogen-bond acceptors (Lipinski definition) is 8. The molecule has 35 heavy (non-hydrogen) atoms. The molecular formula is C27H30O8. The van der Waals surface area contributed by atoms with Crippen molar-refractivity contribution in [2.24, 2.45) is 0 Å². The number of allylic oxidation sites excluding steroid dienone is 3. The average molecular weight is 483 g/mol. The third-order valence-corrected chi connectivity index (χ3v) is 5.04. The highest BCUT2D eigenvalue weighted by Gasteiger charge is 2.15. The lowest BCUT2D eigenvalue weighted by Crippen LogP contribution is -2.08. The SMILES string of the molecule is CCOC(=O)CC/C(C(=O)/C=C/c1ccc(O)c(OC)c1)=C(O)\C=C\c1ccc(CO)c(OC)c1. The van der Waals surface area contributed by atoms with Crippen molar-refractivity contribution >= 4 is 23.9 Å². The molecule has 0 bridgehead atoms. The largest absolute Gasteiger partial charge is 0.508 e. The van der Waals surface area contributed by atoms with E-state index >= 15 is 0 Å². The van der Waals surface area contributed by atoms with Crippen molar-refractivity contribution in [1.82, 2.24) is 0 Å². The minimum Gasteiger partial charge on any atom is -0.508 e. The zero-order valence-corrected chi connectivity index (χ0v) is 20.0. The number of ether oxygens (including phenoxy) is 3. The minimum atomic E-state index is -0.489. The Morgan fingerprint density at radius 1 is 0.914 bits per heavy atom. The minimum absolute atomic E-state index is 0.0240. The molecule has 2 aromatic rings. The number of methoxy groups -OCH3 is 2. The summed E-state index contributed by atoms with van der Waals surface area (Å²) in [5, 5.41) is 29.8. The van der Waals surface area contributed by atoms with E-state index in [9.17, 15) is 24.9 Å². The van der Waals surface area contributed by atoms with E-state index in [4.69, 9.17) is 14.2 Å². The molecule has 0 unspecified atom stereocenters. The Bertz CT molecular complexity index is 1130. The number of carbonyl (C=O) groups is 2. The fourth-order valence-corrected chi connectivity index (χ4v) is 3.18. The molecule has 0 aliphatic carbocycles. The summed E-state index contributed by atoms with van der Waals surface area (Å²) in [6.07, 6.45) is 5.64. The molecule has 0 amide bonds. The summed E-state index contributed by atoms with van der Waals surface area (Å²) in [5.41, 5.74) is 1.93. The van der Waals surface area contributed by atoms with Gasteiger partial charge in [-0.2, -0.15) is 0 Å². The number of benzene rings is 2. The van der Waals surface area contributed by atoms with Crippen LogP contribution < -0.4 is 9.47 Å². The number of hydrogen-bond donors (Lipinski definition) is 3. The lowest BCUT2D eigenvalue weighted by Gasteiger charge is -2.08. The Balaban J connectivity index is 2.33. The molecule has 8 nitrogen and oxygen atoms in total. The number of carbonyl (C=O) groups excluding carboxylic acids is 2. The van der Waals surface area contributed by atoms with Crippen LogP contribution in [0.1, 0.15) is 36.5 Å². The molecule has 0 aliphatic rings. The third kappa shape index (κ3) is 8.04. The zero-order valence-electron chi connectivity index (χ0n) is 20.0. The molecule has 0 fully saturated rings. The predicted molar refractivity (Wildman–Crippen MR) is 132 cm³/mol. The normalized spacial score (nSPS) is 12.0. The highest BCUT2D eigenvalue weighted by molar-refractivity contribution is 6.07. The Morgan fingerprint density at radius 3 is 2.17 bits per heavy atom. The molecule has 186 valence electrons. The maximum absolute atomic E-state index is 12.9. The number of aliphatic hydroxyl groups excluding tert-OH is 2. The van der Waals surface area contributed by atoms with Crippen molar-refractivity contribution in [2.75, 3.05) is 20.8 Å². The molecule has 0 heterocycles. The van der Waals surface area contributed by atoms with Gasteiger partial charge < -0.3 is 29.5 Å². The van der Waals surface area contributed by atoms with E-state index in [0.29, 0.717) is 22.4 Å². The molecule has 0 radical (unpaired) electrons. The van der Waals surface area contributed by atoms with E-state index in [1.54, 1.807) is 43.3 Å². The average Bonchev–Trinajstić information content (AvgIpc) is 2.86. The van der Waals surface area contributed by atoms with Crippen LogP contribution in [0, 0.1) is 0 Å². The maximum atomic E-state index is 12.9. The smallest absolute Gasteiger partial charge is 0.306 e. The third-order valence-electron chi connectivity index (χ3n) is 5.04. The maximum Gasteiger partial charge on any atom is 0.306 e. The number of esters is 1. The number of phenolic OH excluding ortho intramolecular Hbond substituents is 1. The number of aliphatic hydroxyl groups is 2. The number of ketones is 1. The molecule has 8 heteroatoms. The van der Waals surface area contributed by atoms with Crippen LogP contribution in [-0.4, -0.2) is 47.9 Å². The van der Waals surface area contributed by atoms with Crippen LogP contribution in [0.5, 0.6) is 17.2 Å². The second-order valence-corrected chi connectivity index (χ2v) is 7.36. The molecule has 0 saturated carbocycles. The standard InChI is InChI=1S/C27H30O8/c1-4-35-27(32)14-10-21(23(30)12-7-19-8-13-24(31)26(16-19)34-3)22(29)11-6-18-5-9-20(17-28)25(15-18)33-2/h5-9,11-13,15-16,28-29,31H,4,10,14,17H2,1-3H3/b11-6+,12-7+,22-21-. The van der Waals surface area contributed by atoms with Gasteiger partial charge in [0.05, 0.1) is 27.4 Å². The highest BCUT2D eigenvalue weighted by Crippen LogP contribution is 2.27. The summed E-state index contributed by atoms with van der Waals surface area (Å²) in [5.74, 6) is -0.548. The molecule has 0 spiro atoms. The van der Waals surface area contributed by atoms with Gasteiger partial charge in [-0.25, -0.2) is 0 Å². The van der Waals surface area contributed by atoms with Crippen molar-refractivity contribution in [2.45, 2.75) is 26.4 Å². The van der Waals surface area contributed by atoms with Crippen LogP contribution in [0.2, 0.25) is 0 Å². The summed E-state index contributed by atoms with van der Waals surface area (Å²) in [7, 11) is 2.91. The lowest BCUT2D eigenvalue weighted by atomic mass is 10.0. The van der Waals surface area contributed by atoms with Gasteiger partial charge in [-0.1, -0.05) is 30.4 Å². The van der Waals surface area contributed by atoms with Gasteiger partial charge in [-0.3, -0.25) is 9.59 Å². The van der Waals surface area contributed by atoms with Crippen molar-refractivity contribution in [3.63, 3.8) is 0 Å². The van der Waals surface area contributed by atoms with E-state index in [-0.39, 0.29) is 48.9 Å². The van der Waals surface area contributed by atoms with Crippen molar-refractivity contribution in [3.8, 4) is 17.2 Å². The Morgan fingerprint density at radius 2 is 1.54 bits per heavy atom. The van der Waals surface area contributed by atoms with E-state index in [1.807, 2.05) is 0 Å². The van der Waals surface area contributed by atoms with Crippen molar-refractivity contribution in [3.05, 3.63) is 76.6 Å². The van der Waals surface area contributed by atoms with Gasteiger partial charge in [0.1, 0.15) is 11.5 Å². The molecule has 0 saturated heterocycles. The van der Waals surface area contributed by atoms with E-state index in [0.717, 1.165) is 0 Å². The number of phenols is 1. The molecule has 2 rings (SSSR count). The van der Waals surface area contributed by atoms with Gasteiger partial charge in [0.2, 0.25) is 0 Å². The highest BCUT2D eigenvalue weighted by atomic mass is 16.5. The quantitative estimate of drug-likeness (QED) is 0.177. The van der Waals surface area contributed by atoms with Gasteiger partial charge >= 0.3 is 5.97 Å². The first kappa shape index (κ1) is 27.2. The molecule has 0 aromatic heterocycles. The first-order valence-corrected chi connectivity index (χ1v) is 11.0. The van der Waals surface area contributed by atoms with Gasteiger partial charge in [0.25, 0.3) is 0 Å². The Labute approximate surface area is 204 Å². The second-order valence-electron chi connectivity index (χ2n) is 7.36.